The van der Waals surface area contributed by atoms with Crippen molar-refractivity contribution in [2.45, 2.75) is 0 Å². The normalized spacial score (nSPS) is 9.78. The quantitative estimate of drug-likeness (QED) is 0.872. The number of hydrogen-bond acceptors (Lipinski definition) is 4. The molecule has 0 aliphatic heterocycles. The van der Waals surface area contributed by atoms with Crippen molar-refractivity contribution >= 4 is 29.2 Å². The number of rotatable bonds is 4. The van der Waals surface area contributed by atoms with Gasteiger partial charge >= 0.3 is 5.97 Å². The van der Waals surface area contributed by atoms with E-state index in [1.807, 2.05) is 6.07 Å². The summed E-state index contributed by atoms with van der Waals surface area (Å²) in [5.74, 6) is -2.46. The second-order valence-corrected chi connectivity index (χ2v) is 4.84. The van der Waals surface area contributed by atoms with E-state index in [0.717, 1.165) is 6.07 Å². The fourth-order valence-electron chi connectivity index (χ4n) is 1.74. The van der Waals surface area contributed by atoms with Crippen molar-refractivity contribution < 1.29 is 18.7 Å². The summed E-state index contributed by atoms with van der Waals surface area (Å²) in [6.07, 6.45) is 0. The maximum absolute atomic E-state index is 13.5. The summed E-state index contributed by atoms with van der Waals surface area (Å²) in [7, 11) is 0. The van der Waals surface area contributed by atoms with Crippen molar-refractivity contribution in [1.82, 2.24) is 0 Å². The second-order valence-electron chi connectivity index (χ2n) is 4.41. The van der Waals surface area contributed by atoms with Crippen molar-refractivity contribution in [3.63, 3.8) is 0 Å². The van der Waals surface area contributed by atoms with Crippen LogP contribution in [0.5, 0.6) is 0 Å². The van der Waals surface area contributed by atoms with Gasteiger partial charge in [0.25, 0.3) is 5.91 Å². The molecule has 1 N–H and O–H groups in total. The first-order chi connectivity index (χ1) is 11.0. The predicted octanol–water partition coefficient (Wildman–Crippen LogP) is 3.15. The van der Waals surface area contributed by atoms with Gasteiger partial charge in [0.15, 0.2) is 6.61 Å². The second kappa shape index (κ2) is 7.38. The van der Waals surface area contributed by atoms with Crippen molar-refractivity contribution in [1.29, 1.82) is 5.26 Å². The summed E-state index contributed by atoms with van der Waals surface area (Å²) in [5, 5.41) is 11.5. The lowest BCUT2D eigenvalue weighted by Crippen LogP contribution is -2.21. The topological polar surface area (TPSA) is 79.2 Å². The van der Waals surface area contributed by atoms with Crippen LogP contribution in [0.1, 0.15) is 15.9 Å². The molecule has 0 aromatic heterocycles. The number of benzene rings is 2. The molecule has 0 atom stereocenters. The number of nitriles is 1. The van der Waals surface area contributed by atoms with E-state index >= 15 is 0 Å². The molecule has 2 aromatic rings. The number of halogens is 2. The third-order valence-corrected chi connectivity index (χ3v) is 3.04. The molecule has 0 aliphatic rings. The van der Waals surface area contributed by atoms with Crippen LogP contribution in [0.4, 0.5) is 10.1 Å². The highest BCUT2D eigenvalue weighted by Gasteiger charge is 2.15. The predicted molar refractivity (Wildman–Crippen MR) is 81.5 cm³/mol. The Morgan fingerprint density at radius 3 is 2.70 bits per heavy atom. The third-order valence-electron chi connectivity index (χ3n) is 2.81. The standard InChI is InChI=1S/C16H10ClFN2O3/c17-11-5-6-12(13(18)7-11)16(22)23-9-15(21)20-14-4-2-1-3-10(14)8-19/h1-7H,9H2,(H,20,21). The first kappa shape index (κ1) is 16.5. The van der Waals surface area contributed by atoms with Crippen LogP contribution in [0.15, 0.2) is 42.5 Å². The van der Waals surface area contributed by atoms with E-state index in [9.17, 15) is 14.0 Å². The van der Waals surface area contributed by atoms with Crippen molar-refractivity contribution in [3.8, 4) is 6.07 Å². The number of carbonyl (C=O) groups excluding carboxylic acids is 2. The van der Waals surface area contributed by atoms with E-state index in [4.69, 9.17) is 21.6 Å². The van der Waals surface area contributed by atoms with Crippen molar-refractivity contribution in [3.05, 3.63) is 64.4 Å². The number of para-hydroxylation sites is 1. The van der Waals surface area contributed by atoms with Crippen LogP contribution in [0, 0.1) is 17.1 Å². The largest absolute Gasteiger partial charge is 0.452 e. The molecule has 2 rings (SSSR count). The van der Waals surface area contributed by atoms with Crippen LogP contribution in [0.25, 0.3) is 0 Å². The summed E-state index contributed by atoms with van der Waals surface area (Å²) in [5.41, 5.74) is 0.254. The average Bonchev–Trinajstić information content (AvgIpc) is 2.53. The van der Waals surface area contributed by atoms with Gasteiger partial charge in [-0.25, -0.2) is 9.18 Å². The highest BCUT2D eigenvalue weighted by atomic mass is 35.5. The lowest BCUT2D eigenvalue weighted by atomic mass is 10.2. The molecule has 0 spiro atoms. The minimum atomic E-state index is -0.983. The number of carbonyl (C=O) groups is 2. The molecule has 0 fully saturated rings. The number of nitrogens with zero attached hydrogens (tertiary/aromatic N) is 1. The molecular weight excluding hydrogens is 323 g/mol. The van der Waals surface area contributed by atoms with Crippen molar-refractivity contribution in [2.75, 3.05) is 11.9 Å². The molecular formula is C16H10ClFN2O3. The molecule has 7 heteroatoms. The number of esters is 1. The number of hydrogen-bond donors (Lipinski definition) is 1. The monoisotopic (exact) mass is 332 g/mol. The van der Waals surface area contributed by atoms with Gasteiger partial charge in [-0.05, 0) is 30.3 Å². The summed E-state index contributed by atoms with van der Waals surface area (Å²) in [4.78, 5) is 23.5. The molecule has 23 heavy (non-hydrogen) atoms. The first-order valence-corrected chi connectivity index (χ1v) is 6.80. The number of ether oxygens (including phenoxy) is 1. The van der Waals surface area contributed by atoms with Gasteiger partial charge in [0.05, 0.1) is 16.8 Å². The minimum absolute atomic E-state index is 0.143. The molecule has 2 aromatic carbocycles. The van der Waals surface area contributed by atoms with Crippen LogP contribution >= 0.6 is 11.6 Å². The van der Waals surface area contributed by atoms with Crippen LogP contribution < -0.4 is 5.32 Å². The Morgan fingerprint density at radius 2 is 2.00 bits per heavy atom. The SMILES string of the molecule is N#Cc1ccccc1NC(=O)COC(=O)c1ccc(Cl)cc1F. The van der Waals surface area contributed by atoms with Gasteiger partial charge in [-0.3, -0.25) is 4.79 Å². The fourth-order valence-corrected chi connectivity index (χ4v) is 1.90. The molecule has 1 amide bonds. The number of amides is 1. The molecule has 0 saturated carbocycles. The van der Waals surface area contributed by atoms with Crippen LogP contribution in [0.3, 0.4) is 0 Å². The summed E-state index contributed by atoms with van der Waals surface area (Å²) in [6, 6.07) is 11.8. The molecule has 0 unspecified atom stereocenters. The summed E-state index contributed by atoms with van der Waals surface area (Å²) in [6.45, 7) is -0.610. The zero-order valence-electron chi connectivity index (χ0n) is 11.7. The van der Waals surface area contributed by atoms with E-state index in [2.05, 4.69) is 5.32 Å². The van der Waals surface area contributed by atoms with E-state index in [1.165, 1.54) is 24.3 Å². The Labute approximate surface area is 136 Å². The molecule has 0 saturated heterocycles. The third kappa shape index (κ3) is 4.28. The Morgan fingerprint density at radius 1 is 1.26 bits per heavy atom. The Balaban J connectivity index is 1.96. The van der Waals surface area contributed by atoms with E-state index in [-0.39, 0.29) is 16.1 Å². The van der Waals surface area contributed by atoms with Gasteiger partial charge in [-0.2, -0.15) is 5.26 Å². The first-order valence-electron chi connectivity index (χ1n) is 6.42. The molecule has 5 nitrogen and oxygen atoms in total. The number of anilines is 1. The highest BCUT2D eigenvalue weighted by molar-refractivity contribution is 6.30. The summed E-state index contributed by atoms with van der Waals surface area (Å²) < 4.78 is 18.3. The Hall–Kier alpha value is -2.91. The van der Waals surface area contributed by atoms with Crippen molar-refractivity contribution in [2.24, 2.45) is 0 Å². The smallest absolute Gasteiger partial charge is 0.341 e. The molecule has 0 aliphatic carbocycles. The van der Waals surface area contributed by atoms with Gasteiger partial charge in [-0.15, -0.1) is 0 Å². The van der Waals surface area contributed by atoms with Crippen LogP contribution in [-0.2, 0) is 9.53 Å². The van der Waals surface area contributed by atoms with Gasteiger partial charge in [0.1, 0.15) is 11.9 Å². The number of nitrogens with one attached hydrogen (secondary N) is 1. The van der Waals surface area contributed by atoms with Crippen LogP contribution in [0.2, 0.25) is 5.02 Å². The van der Waals surface area contributed by atoms with Gasteiger partial charge in [-0.1, -0.05) is 23.7 Å². The average molecular weight is 333 g/mol. The Bertz CT molecular complexity index is 802. The zero-order valence-corrected chi connectivity index (χ0v) is 12.4. The zero-order chi connectivity index (χ0) is 16.8. The van der Waals surface area contributed by atoms with E-state index in [0.29, 0.717) is 5.69 Å². The summed E-state index contributed by atoms with van der Waals surface area (Å²) >= 11 is 5.59. The maximum atomic E-state index is 13.5. The van der Waals surface area contributed by atoms with Gasteiger partial charge in [0, 0.05) is 5.02 Å². The molecule has 0 bridgehead atoms. The maximum Gasteiger partial charge on any atom is 0.341 e. The van der Waals surface area contributed by atoms with Gasteiger partial charge < -0.3 is 10.1 Å². The lowest BCUT2D eigenvalue weighted by molar-refractivity contribution is -0.119. The molecule has 0 radical (unpaired) electrons. The lowest BCUT2D eigenvalue weighted by Gasteiger charge is -2.08. The molecule has 0 heterocycles. The van der Waals surface area contributed by atoms with E-state index < -0.39 is 24.3 Å². The Kier molecular flexibility index (Phi) is 5.28. The molecule has 116 valence electrons. The fraction of sp³-hybridized carbons (Fsp3) is 0.0625. The highest BCUT2D eigenvalue weighted by Crippen LogP contribution is 2.16. The van der Waals surface area contributed by atoms with E-state index in [1.54, 1.807) is 12.1 Å². The minimum Gasteiger partial charge on any atom is -0.452 e. The van der Waals surface area contributed by atoms with Gasteiger partial charge in [0.2, 0.25) is 0 Å². The van der Waals surface area contributed by atoms with Crippen LogP contribution in [-0.4, -0.2) is 18.5 Å².